The Hall–Kier alpha value is -3.56. The Balaban J connectivity index is 1.45. The molecular formula is C25H17Br2N3O4. The zero-order valence-electron chi connectivity index (χ0n) is 17.5. The van der Waals surface area contributed by atoms with Crippen molar-refractivity contribution in [3.63, 3.8) is 0 Å². The quantitative estimate of drug-likeness (QED) is 0.254. The molecule has 0 aliphatic rings. The normalized spacial score (nSPS) is 10.5. The number of hydrogen-bond donors (Lipinski definition) is 2. The highest BCUT2D eigenvalue weighted by molar-refractivity contribution is 9.10. The van der Waals surface area contributed by atoms with Crippen LogP contribution in [0, 0.1) is 0 Å². The summed E-state index contributed by atoms with van der Waals surface area (Å²) < 4.78 is 6.97. The second-order valence-electron chi connectivity index (χ2n) is 7.16. The molecule has 4 rings (SSSR count). The molecule has 7 nitrogen and oxygen atoms in total. The van der Waals surface area contributed by atoms with Crippen molar-refractivity contribution in [1.29, 1.82) is 0 Å². The van der Waals surface area contributed by atoms with Crippen LogP contribution in [0.3, 0.4) is 0 Å². The van der Waals surface area contributed by atoms with Crippen LogP contribution in [-0.2, 0) is 9.53 Å². The summed E-state index contributed by atoms with van der Waals surface area (Å²) in [4.78, 5) is 41.7. The van der Waals surface area contributed by atoms with Crippen molar-refractivity contribution in [1.82, 2.24) is 15.8 Å². The van der Waals surface area contributed by atoms with Crippen LogP contribution < -0.4 is 10.9 Å². The summed E-state index contributed by atoms with van der Waals surface area (Å²) in [5.41, 5.74) is 7.23. The monoisotopic (exact) mass is 581 g/mol. The number of nitrogens with zero attached hydrogens (tertiary/aromatic N) is 1. The number of para-hydroxylation sites is 1. The molecule has 0 saturated carbocycles. The van der Waals surface area contributed by atoms with Crippen LogP contribution in [0.1, 0.15) is 20.7 Å². The Morgan fingerprint density at radius 2 is 1.47 bits per heavy atom. The molecule has 0 fully saturated rings. The number of esters is 1. The molecule has 1 aromatic heterocycles. The Morgan fingerprint density at radius 1 is 0.824 bits per heavy atom. The molecule has 0 aliphatic heterocycles. The van der Waals surface area contributed by atoms with Gasteiger partial charge in [0, 0.05) is 25.5 Å². The number of fused-ring (bicyclic) bond motifs is 1. The number of amides is 2. The molecule has 170 valence electrons. The van der Waals surface area contributed by atoms with Gasteiger partial charge in [0.15, 0.2) is 6.61 Å². The number of benzene rings is 3. The fourth-order valence-corrected chi connectivity index (χ4v) is 3.69. The topological polar surface area (TPSA) is 97.4 Å². The molecule has 0 bridgehead atoms. The van der Waals surface area contributed by atoms with E-state index in [-0.39, 0.29) is 5.56 Å². The zero-order chi connectivity index (χ0) is 24.1. The van der Waals surface area contributed by atoms with Crippen molar-refractivity contribution in [3.05, 3.63) is 98.9 Å². The molecular weight excluding hydrogens is 566 g/mol. The van der Waals surface area contributed by atoms with E-state index >= 15 is 0 Å². The zero-order valence-corrected chi connectivity index (χ0v) is 20.7. The highest BCUT2D eigenvalue weighted by atomic mass is 79.9. The van der Waals surface area contributed by atoms with Crippen LogP contribution in [0.25, 0.3) is 22.2 Å². The van der Waals surface area contributed by atoms with E-state index in [0.29, 0.717) is 22.2 Å². The van der Waals surface area contributed by atoms with E-state index in [4.69, 9.17) is 4.74 Å². The first kappa shape index (κ1) is 23.6. The first-order valence-corrected chi connectivity index (χ1v) is 11.7. The molecule has 0 unspecified atom stereocenters. The number of pyridine rings is 1. The fraction of sp³-hybridized carbons (Fsp3) is 0.0400. The highest BCUT2D eigenvalue weighted by Gasteiger charge is 2.17. The highest BCUT2D eigenvalue weighted by Crippen LogP contribution is 2.26. The Bertz CT molecular complexity index is 1370. The Kier molecular flexibility index (Phi) is 7.34. The minimum Gasteiger partial charge on any atom is -0.452 e. The van der Waals surface area contributed by atoms with Crippen LogP contribution in [-0.4, -0.2) is 29.4 Å². The lowest BCUT2D eigenvalue weighted by molar-refractivity contribution is -0.125. The van der Waals surface area contributed by atoms with Gasteiger partial charge in [-0.2, -0.15) is 0 Å². The van der Waals surface area contributed by atoms with Gasteiger partial charge < -0.3 is 4.74 Å². The largest absolute Gasteiger partial charge is 0.452 e. The standard InChI is InChI=1S/C25H17Br2N3O4/c26-17-9-5-15(6-10-17)22-13-20(19-3-1-2-4-21(19)28-22)25(33)34-14-23(31)29-30-24(32)16-7-11-18(27)12-8-16/h1-13H,14H2,(H,29,31)(H,30,32). The summed E-state index contributed by atoms with van der Waals surface area (Å²) in [7, 11) is 0. The summed E-state index contributed by atoms with van der Waals surface area (Å²) in [6.45, 7) is -0.566. The minimum atomic E-state index is -0.676. The van der Waals surface area contributed by atoms with E-state index in [1.807, 2.05) is 30.3 Å². The molecule has 0 saturated heterocycles. The summed E-state index contributed by atoms with van der Waals surface area (Å²) in [6.07, 6.45) is 0. The molecule has 2 amide bonds. The predicted octanol–water partition coefficient (Wildman–Crippen LogP) is 5.04. The van der Waals surface area contributed by atoms with Crippen LogP contribution in [0.4, 0.5) is 0 Å². The maximum Gasteiger partial charge on any atom is 0.339 e. The third-order valence-corrected chi connectivity index (χ3v) is 5.89. The van der Waals surface area contributed by atoms with E-state index in [9.17, 15) is 14.4 Å². The Labute approximate surface area is 211 Å². The van der Waals surface area contributed by atoms with Gasteiger partial charge in [0.2, 0.25) is 0 Å². The molecule has 3 aromatic carbocycles. The summed E-state index contributed by atoms with van der Waals surface area (Å²) in [5, 5.41) is 0.609. The van der Waals surface area contributed by atoms with Crippen LogP contribution in [0.5, 0.6) is 0 Å². The van der Waals surface area contributed by atoms with Crippen molar-refractivity contribution in [2.45, 2.75) is 0 Å². The molecule has 0 aliphatic carbocycles. The third kappa shape index (κ3) is 5.67. The maximum absolute atomic E-state index is 12.9. The van der Waals surface area contributed by atoms with Crippen molar-refractivity contribution in [2.75, 3.05) is 6.61 Å². The first-order valence-electron chi connectivity index (χ1n) is 10.1. The number of halogens is 2. The summed E-state index contributed by atoms with van der Waals surface area (Å²) in [5.74, 6) is -1.84. The Morgan fingerprint density at radius 3 is 2.18 bits per heavy atom. The number of hydrazine groups is 1. The molecule has 0 spiro atoms. The van der Waals surface area contributed by atoms with Gasteiger partial charge in [0.1, 0.15) is 0 Å². The average molecular weight is 583 g/mol. The van der Waals surface area contributed by atoms with Gasteiger partial charge in [-0.1, -0.05) is 62.2 Å². The van der Waals surface area contributed by atoms with E-state index in [0.717, 1.165) is 14.5 Å². The summed E-state index contributed by atoms with van der Waals surface area (Å²) >= 11 is 6.70. The lowest BCUT2D eigenvalue weighted by Gasteiger charge is -2.11. The first-order chi connectivity index (χ1) is 16.4. The second kappa shape index (κ2) is 10.6. The third-order valence-electron chi connectivity index (χ3n) is 4.83. The maximum atomic E-state index is 12.9. The van der Waals surface area contributed by atoms with Gasteiger partial charge in [0.25, 0.3) is 11.8 Å². The van der Waals surface area contributed by atoms with Crippen LogP contribution in [0.2, 0.25) is 0 Å². The van der Waals surface area contributed by atoms with E-state index in [2.05, 4.69) is 47.7 Å². The van der Waals surface area contributed by atoms with Crippen molar-refractivity contribution >= 4 is 60.5 Å². The van der Waals surface area contributed by atoms with E-state index in [1.54, 1.807) is 48.5 Å². The number of nitrogens with one attached hydrogen (secondary N) is 2. The molecule has 34 heavy (non-hydrogen) atoms. The lowest BCUT2D eigenvalue weighted by atomic mass is 10.0. The smallest absolute Gasteiger partial charge is 0.339 e. The van der Waals surface area contributed by atoms with Gasteiger partial charge >= 0.3 is 5.97 Å². The number of rotatable bonds is 5. The van der Waals surface area contributed by atoms with Crippen molar-refractivity contribution in [2.24, 2.45) is 0 Å². The van der Waals surface area contributed by atoms with Gasteiger partial charge in [-0.25, -0.2) is 9.78 Å². The molecule has 9 heteroatoms. The van der Waals surface area contributed by atoms with Crippen LogP contribution in [0.15, 0.2) is 87.8 Å². The predicted molar refractivity (Wildman–Crippen MR) is 135 cm³/mol. The lowest BCUT2D eigenvalue weighted by Crippen LogP contribution is -2.43. The van der Waals surface area contributed by atoms with Gasteiger partial charge in [-0.15, -0.1) is 0 Å². The number of ether oxygens (including phenoxy) is 1. The number of carbonyl (C=O) groups is 3. The fourth-order valence-electron chi connectivity index (χ4n) is 3.16. The van der Waals surface area contributed by atoms with Crippen molar-refractivity contribution in [3.8, 4) is 11.3 Å². The molecule has 4 aromatic rings. The number of hydrogen-bond acceptors (Lipinski definition) is 5. The summed E-state index contributed by atoms with van der Waals surface area (Å²) in [6, 6.07) is 23.0. The van der Waals surface area contributed by atoms with E-state index in [1.165, 1.54) is 0 Å². The molecule has 2 N–H and O–H groups in total. The molecule has 0 radical (unpaired) electrons. The SMILES string of the molecule is O=C(COC(=O)c1cc(-c2ccc(Br)cc2)nc2ccccc12)NNC(=O)c1ccc(Br)cc1. The van der Waals surface area contributed by atoms with Gasteiger partial charge in [0.05, 0.1) is 16.8 Å². The molecule has 1 heterocycles. The van der Waals surface area contributed by atoms with E-state index < -0.39 is 24.4 Å². The number of aromatic nitrogens is 1. The molecule has 0 atom stereocenters. The average Bonchev–Trinajstić information content (AvgIpc) is 2.86. The number of carbonyl (C=O) groups excluding carboxylic acids is 3. The van der Waals surface area contributed by atoms with Crippen molar-refractivity contribution < 1.29 is 19.1 Å². The second-order valence-corrected chi connectivity index (χ2v) is 9.00. The minimum absolute atomic E-state index is 0.287. The van der Waals surface area contributed by atoms with Gasteiger partial charge in [-0.3, -0.25) is 20.4 Å². The van der Waals surface area contributed by atoms with Gasteiger partial charge in [-0.05, 0) is 48.5 Å². The van der Waals surface area contributed by atoms with Crippen LogP contribution >= 0.6 is 31.9 Å².